The lowest BCUT2D eigenvalue weighted by Gasteiger charge is -2.14. The van der Waals surface area contributed by atoms with Crippen LogP contribution in [0, 0.1) is 0 Å². The minimum Gasteiger partial charge on any atom is -0.389 e. The minimum absolute atomic E-state index is 0.166. The molecule has 20 heavy (non-hydrogen) atoms. The van der Waals surface area contributed by atoms with Gasteiger partial charge in [0.15, 0.2) is 0 Å². The van der Waals surface area contributed by atoms with Crippen molar-refractivity contribution < 1.29 is 13.5 Å². The lowest BCUT2D eigenvalue weighted by molar-refractivity contribution is 0.199. The summed E-state index contributed by atoms with van der Waals surface area (Å²) in [5, 5.41) is 11.4. The summed E-state index contributed by atoms with van der Waals surface area (Å²) in [5.74, 6) is 0. The van der Waals surface area contributed by atoms with Crippen molar-refractivity contribution in [2.24, 2.45) is 0 Å². The number of aliphatic hydroxyl groups excluding tert-OH is 1. The van der Waals surface area contributed by atoms with Gasteiger partial charge in [0.05, 0.1) is 17.0 Å². The topological polar surface area (TPSA) is 66.4 Å². The molecular formula is C14H17NO3S2. The van der Waals surface area contributed by atoms with Crippen molar-refractivity contribution in [2.45, 2.75) is 30.9 Å². The molecule has 2 unspecified atom stereocenters. The zero-order valence-corrected chi connectivity index (χ0v) is 12.9. The highest BCUT2D eigenvalue weighted by Gasteiger charge is 2.19. The summed E-state index contributed by atoms with van der Waals surface area (Å²) in [5.41, 5.74) is 0.580. The van der Waals surface area contributed by atoms with Crippen LogP contribution in [0.25, 0.3) is 0 Å². The summed E-state index contributed by atoms with van der Waals surface area (Å²) in [6.45, 7) is 3.41. The molecule has 0 saturated heterocycles. The summed E-state index contributed by atoms with van der Waals surface area (Å²) >= 11 is 1.51. The summed E-state index contributed by atoms with van der Waals surface area (Å²) in [6.07, 6.45) is -0.695. The van der Waals surface area contributed by atoms with E-state index in [4.69, 9.17) is 0 Å². The molecule has 0 radical (unpaired) electrons. The lowest BCUT2D eigenvalue weighted by Crippen LogP contribution is -2.26. The van der Waals surface area contributed by atoms with Gasteiger partial charge in [-0.05, 0) is 43.0 Å². The Hall–Kier alpha value is -1.21. The molecule has 108 valence electrons. The second kappa shape index (κ2) is 6.05. The van der Waals surface area contributed by atoms with Crippen LogP contribution in [-0.4, -0.2) is 13.5 Å². The molecule has 2 N–H and O–H groups in total. The van der Waals surface area contributed by atoms with Crippen LogP contribution in [-0.2, 0) is 10.0 Å². The normalized spacial score (nSPS) is 14.9. The molecule has 0 fully saturated rings. The Kier molecular flexibility index (Phi) is 4.59. The van der Waals surface area contributed by atoms with E-state index in [1.807, 2.05) is 24.4 Å². The molecule has 0 aliphatic heterocycles. The zero-order valence-electron chi connectivity index (χ0n) is 11.3. The average Bonchev–Trinajstić information content (AvgIpc) is 2.92. The first kappa shape index (κ1) is 15.2. The van der Waals surface area contributed by atoms with E-state index in [9.17, 15) is 13.5 Å². The Morgan fingerprint density at radius 3 is 2.55 bits per heavy atom. The third kappa shape index (κ3) is 3.46. The van der Waals surface area contributed by atoms with Crippen LogP contribution in [0.5, 0.6) is 0 Å². The van der Waals surface area contributed by atoms with Gasteiger partial charge in [0.2, 0.25) is 10.0 Å². The molecule has 2 aromatic rings. The Labute approximate surface area is 123 Å². The molecule has 0 saturated carbocycles. The van der Waals surface area contributed by atoms with Gasteiger partial charge in [0, 0.05) is 4.88 Å². The first-order valence-corrected chi connectivity index (χ1v) is 8.60. The van der Waals surface area contributed by atoms with Crippen molar-refractivity contribution >= 4 is 21.4 Å². The van der Waals surface area contributed by atoms with E-state index in [1.54, 1.807) is 19.1 Å². The Morgan fingerprint density at radius 2 is 1.95 bits per heavy atom. The van der Waals surface area contributed by atoms with Crippen LogP contribution >= 0.6 is 11.3 Å². The fourth-order valence-corrected chi connectivity index (χ4v) is 3.92. The first-order valence-electron chi connectivity index (χ1n) is 6.24. The number of hydrogen-bond acceptors (Lipinski definition) is 4. The molecular weight excluding hydrogens is 294 g/mol. The third-order valence-electron chi connectivity index (χ3n) is 2.95. The predicted molar refractivity (Wildman–Crippen MR) is 80.1 cm³/mol. The molecule has 0 aliphatic rings. The highest BCUT2D eigenvalue weighted by Crippen LogP contribution is 2.22. The van der Waals surface area contributed by atoms with Crippen molar-refractivity contribution in [3.63, 3.8) is 0 Å². The zero-order chi connectivity index (χ0) is 14.8. The number of thiophene rings is 1. The van der Waals surface area contributed by atoms with E-state index in [0.717, 1.165) is 4.88 Å². The maximum Gasteiger partial charge on any atom is 0.241 e. The monoisotopic (exact) mass is 311 g/mol. The van der Waals surface area contributed by atoms with Crippen molar-refractivity contribution in [1.29, 1.82) is 0 Å². The van der Waals surface area contributed by atoms with E-state index in [0.29, 0.717) is 5.56 Å². The molecule has 2 rings (SSSR count). The van der Waals surface area contributed by atoms with Crippen molar-refractivity contribution in [2.75, 3.05) is 0 Å². The van der Waals surface area contributed by atoms with E-state index in [1.165, 1.54) is 23.5 Å². The fourth-order valence-electron chi connectivity index (χ4n) is 1.84. The highest BCUT2D eigenvalue weighted by atomic mass is 32.2. The van der Waals surface area contributed by atoms with E-state index < -0.39 is 16.1 Å². The maximum absolute atomic E-state index is 12.3. The number of hydrogen-bond donors (Lipinski definition) is 2. The molecule has 4 nitrogen and oxygen atoms in total. The van der Waals surface area contributed by atoms with Gasteiger partial charge in [0.1, 0.15) is 0 Å². The SMILES string of the molecule is CC(O)c1cccc(S(=O)(=O)NC(C)c2cccs2)c1. The summed E-state index contributed by atoms with van der Waals surface area (Å²) < 4.78 is 27.3. The van der Waals surface area contributed by atoms with Crippen LogP contribution in [0.3, 0.4) is 0 Å². The van der Waals surface area contributed by atoms with Crippen LogP contribution in [0.4, 0.5) is 0 Å². The molecule has 2 atom stereocenters. The number of aliphatic hydroxyl groups is 1. The molecule has 0 bridgehead atoms. The minimum atomic E-state index is -3.60. The maximum atomic E-state index is 12.3. The predicted octanol–water partition coefficient (Wildman–Crippen LogP) is 2.84. The van der Waals surface area contributed by atoms with Crippen LogP contribution < -0.4 is 4.72 Å². The van der Waals surface area contributed by atoms with Crippen LogP contribution in [0.1, 0.15) is 36.4 Å². The largest absolute Gasteiger partial charge is 0.389 e. The number of sulfonamides is 1. The second-order valence-corrected chi connectivity index (χ2v) is 7.30. The highest BCUT2D eigenvalue weighted by molar-refractivity contribution is 7.89. The summed E-state index contributed by atoms with van der Waals surface area (Å²) in [6, 6.07) is 9.85. The van der Waals surface area contributed by atoms with Gasteiger partial charge < -0.3 is 5.11 Å². The van der Waals surface area contributed by atoms with E-state index in [2.05, 4.69) is 4.72 Å². The van der Waals surface area contributed by atoms with Crippen molar-refractivity contribution in [3.05, 3.63) is 52.2 Å². The van der Waals surface area contributed by atoms with Crippen LogP contribution in [0.15, 0.2) is 46.7 Å². The van der Waals surface area contributed by atoms with Gasteiger partial charge in [-0.3, -0.25) is 0 Å². The molecule has 6 heteroatoms. The van der Waals surface area contributed by atoms with E-state index >= 15 is 0 Å². The Morgan fingerprint density at radius 1 is 1.20 bits per heavy atom. The quantitative estimate of drug-likeness (QED) is 0.892. The number of rotatable bonds is 5. The smallest absolute Gasteiger partial charge is 0.241 e. The fraction of sp³-hybridized carbons (Fsp3) is 0.286. The van der Waals surface area contributed by atoms with Crippen molar-refractivity contribution in [3.8, 4) is 0 Å². The third-order valence-corrected chi connectivity index (χ3v) is 5.55. The van der Waals surface area contributed by atoms with Gasteiger partial charge in [-0.1, -0.05) is 18.2 Å². The Bertz CT molecular complexity index is 663. The number of benzene rings is 1. The molecule has 1 aromatic carbocycles. The molecule has 1 aromatic heterocycles. The summed E-state index contributed by atoms with van der Waals surface area (Å²) in [7, 11) is -3.60. The van der Waals surface area contributed by atoms with Gasteiger partial charge in [-0.15, -0.1) is 11.3 Å². The van der Waals surface area contributed by atoms with E-state index in [-0.39, 0.29) is 10.9 Å². The van der Waals surface area contributed by atoms with Gasteiger partial charge in [-0.25, -0.2) is 13.1 Å². The molecule has 0 aliphatic carbocycles. The van der Waals surface area contributed by atoms with Crippen LogP contribution in [0.2, 0.25) is 0 Å². The number of nitrogens with one attached hydrogen (secondary N) is 1. The van der Waals surface area contributed by atoms with Gasteiger partial charge in [-0.2, -0.15) is 0 Å². The van der Waals surface area contributed by atoms with Crippen molar-refractivity contribution in [1.82, 2.24) is 4.72 Å². The Balaban J connectivity index is 2.24. The first-order chi connectivity index (χ1) is 9.40. The standard InChI is InChI=1S/C14H17NO3S2/c1-10(14-7-4-8-19-14)15-20(17,18)13-6-3-5-12(9-13)11(2)16/h3-11,15-16H,1-2H3. The second-order valence-electron chi connectivity index (χ2n) is 4.61. The van der Waals surface area contributed by atoms with Gasteiger partial charge >= 0.3 is 0 Å². The van der Waals surface area contributed by atoms with Gasteiger partial charge in [0.25, 0.3) is 0 Å². The lowest BCUT2D eigenvalue weighted by atomic mass is 10.1. The molecule has 0 spiro atoms. The summed E-state index contributed by atoms with van der Waals surface area (Å²) in [4.78, 5) is 1.12. The molecule has 0 amide bonds. The molecule has 1 heterocycles. The average molecular weight is 311 g/mol.